The molecule has 0 atom stereocenters. The first-order valence-corrected chi connectivity index (χ1v) is 6.12. The molecule has 2 aromatic rings. The molecule has 2 heterocycles. The Morgan fingerprint density at radius 3 is 2.95 bits per heavy atom. The summed E-state index contributed by atoms with van der Waals surface area (Å²) in [4.78, 5) is 31.0. The van der Waals surface area contributed by atoms with Gasteiger partial charge in [0.1, 0.15) is 17.0 Å². The van der Waals surface area contributed by atoms with E-state index >= 15 is 0 Å². The molecule has 0 radical (unpaired) electrons. The highest BCUT2D eigenvalue weighted by Gasteiger charge is 2.17. The van der Waals surface area contributed by atoms with Crippen molar-refractivity contribution >= 4 is 38.3 Å². The van der Waals surface area contributed by atoms with Crippen molar-refractivity contribution in [2.45, 2.75) is 6.42 Å². The van der Waals surface area contributed by atoms with Crippen molar-refractivity contribution < 1.29 is 14.8 Å². The summed E-state index contributed by atoms with van der Waals surface area (Å²) in [5.74, 6) is -0.413. The van der Waals surface area contributed by atoms with E-state index in [1.54, 1.807) is 11.9 Å². The molecular weight excluding hydrogens is 272 g/mol. The topological polar surface area (TPSA) is 109 Å². The summed E-state index contributed by atoms with van der Waals surface area (Å²) >= 11 is 0.968. The lowest BCUT2D eigenvalue weighted by molar-refractivity contribution is -0.380. The summed E-state index contributed by atoms with van der Waals surface area (Å²) in [7, 11) is 1.69. The fourth-order valence-electron chi connectivity index (χ4n) is 1.59. The number of aromatic nitrogens is 2. The van der Waals surface area contributed by atoms with Crippen LogP contribution in [-0.2, 0) is 4.79 Å². The molecule has 19 heavy (non-hydrogen) atoms. The zero-order chi connectivity index (χ0) is 14.0. The number of carboxylic acid groups (broad SMARTS) is 1. The third kappa shape index (κ3) is 2.76. The van der Waals surface area contributed by atoms with Crippen molar-refractivity contribution in [3.8, 4) is 0 Å². The van der Waals surface area contributed by atoms with E-state index in [-0.39, 0.29) is 18.0 Å². The predicted molar refractivity (Wildman–Crippen MR) is 69.6 cm³/mol. The Morgan fingerprint density at radius 2 is 2.32 bits per heavy atom. The van der Waals surface area contributed by atoms with Crippen LogP contribution in [-0.4, -0.2) is 39.6 Å². The van der Waals surface area contributed by atoms with Gasteiger partial charge in [-0.25, -0.2) is 9.97 Å². The average molecular weight is 282 g/mol. The highest BCUT2D eigenvalue weighted by Crippen LogP contribution is 2.34. The van der Waals surface area contributed by atoms with E-state index in [4.69, 9.17) is 5.11 Å². The average Bonchev–Trinajstić information content (AvgIpc) is 2.79. The monoisotopic (exact) mass is 282 g/mol. The smallest absolute Gasteiger partial charge is 0.326 e. The first kappa shape index (κ1) is 13.1. The molecule has 0 spiro atoms. The van der Waals surface area contributed by atoms with Crippen LogP contribution >= 0.6 is 11.3 Å². The highest BCUT2D eigenvalue weighted by molar-refractivity contribution is 7.21. The molecule has 0 aliphatic heterocycles. The number of carboxylic acids is 1. The van der Waals surface area contributed by atoms with Crippen molar-refractivity contribution in [3.05, 3.63) is 22.5 Å². The third-order valence-corrected chi connectivity index (χ3v) is 3.49. The van der Waals surface area contributed by atoms with Gasteiger partial charge in [-0.15, -0.1) is 0 Å². The van der Waals surface area contributed by atoms with E-state index in [0.717, 1.165) is 11.3 Å². The van der Waals surface area contributed by atoms with E-state index < -0.39 is 10.9 Å². The number of fused-ring (bicyclic) bond motifs is 1. The number of anilines is 1. The van der Waals surface area contributed by atoms with Crippen molar-refractivity contribution in [1.82, 2.24) is 9.97 Å². The number of aliphatic carboxylic acids is 1. The van der Waals surface area contributed by atoms with Crippen molar-refractivity contribution in [2.75, 3.05) is 18.5 Å². The molecule has 0 amide bonds. The molecule has 8 nitrogen and oxygen atoms in total. The fourth-order valence-corrected chi connectivity index (χ4v) is 2.40. The number of hydrogen-bond donors (Lipinski definition) is 1. The Hall–Kier alpha value is -2.29. The molecule has 0 bridgehead atoms. The highest BCUT2D eigenvalue weighted by atomic mass is 32.1. The molecule has 100 valence electrons. The SMILES string of the molecule is CN(CCC(=O)O)c1ncnc2sc([N+](=O)[O-])cc12. The Labute approximate surface area is 111 Å². The molecule has 2 aromatic heterocycles. The van der Waals surface area contributed by atoms with Crippen LogP contribution in [0.2, 0.25) is 0 Å². The van der Waals surface area contributed by atoms with Crippen LogP contribution in [0.15, 0.2) is 12.4 Å². The predicted octanol–water partition coefficient (Wildman–Crippen LogP) is 1.51. The molecule has 0 fully saturated rings. The largest absolute Gasteiger partial charge is 0.481 e. The molecule has 0 saturated heterocycles. The van der Waals surface area contributed by atoms with Gasteiger partial charge in [0, 0.05) is 19.7 Å². The Balaban J connectivity index is 2.37. The second kappa shape index (κ2) is 5.14. The maximum absolute atomic E-state index is 10.7. The second-order valence-corrected chi connectivity index (χ2v) is 4.83. The summed E-state index contributed by atoms with van der Waals surface area (Å²) in [6.45, 7) is 0.269. The molecule has 0 aliphatic carbocycles. The van der Waals surface area contributed by atoms with Gasteiger partial charge in [0.05, 0.1) is 16.7 Å². The van der Waals surface area contributed by atoms with Crippen LogP contribution in [0, 0.1) is 10.1 Å². The normalized spacial score (nSPS) is 10.6. The fraction of sp³-hybridized carbons (Fsp3) is 0.300. The van der Waals surface area contributed by atoms with E-state index in [9.17, 15) is 14.9 Å². The van der Waals surface area contributed by atoms with Gasteiger partial charge in [-0.2, -0.15) is 0 Å². The van der Waals surface area contributed by atoms with Crippen LogP contribution in [0.3, 0.4) is 0 Å². The van der Waals surface area contributed by atoms with Crippen molar-refractivity contribution in [2.24, 2.45) is 0 Å². The molecular formula is C10H10N4O4S. The zero-order valence-corrected chi connectivity index (χ0v) is 10.8. The minimum atomic E-state index is -0.909. The summed E-state index contributed by atoms with van der Waals surface area (Å²) in [6.07, 6.45) is 1.28. The number of carbonyl (C=O) groups is 1. The summed E-state index contributed by atoms with van der Waals surface area (Å²) in [6, 6.07) is 1.41. The maximum atomic E-state index is 10.7. The van der Waals surface area contributed by atoms with E-state index in [0.29, 0.717) is 16.0 Å². The number of nitrogens with zero attached hydrogens (tertiary/aromatic N) is 4. The standard InChI is InChI=1S/C10H10N4O4S/c1-13(3-2-8(15)16)9-6-4-7(14(17)18)19-10(6)12-5-11-9/h4-5H,2-3H2,1H3,(H,15,16). The van der Waals surface area contributed by atoms with Gasteiger partial charge in [0.25, 0.3) is 0 Å². The molecule has 0 aliphatic rings. The zero-order valence-electron chi connectivity index (χ0n) is 9.94. The number of nitro groups is 1. The Morgan fingerprint density at radius 1 is 1.58 bits per heavy atom. The molecule has 0 aromatic carbocycles. The maximum Gasteiger partial charge on any atom is 0.326 e. The van der Waals surface area contributed by atoms with Crippen LogP contribution in [0.4, 0.5) is 10.8 Å². The first-order chi connectivity index (χ1) is 8.99. The lowest BCUT2D eigenvalue weighted by Gasteiger charge is -2.17. The Kier molecular flexibility index (Phi) is 3.56. The number of thiophene rings is 1. The first-order valence-electron chi connectivity index (χ1n) is 5.31. The van der Waals surface area contributed by atoms with Crippen LogP contribution in [0.25, 0.3) is 10.2 Å². The second-order valence-electron chi connectivity index (χ2n) is 3.82. The Bertz CT molecular complexity index is 641. The van der Waals surface area contributed by atoms with E-state index in [2.05, 4.69) is 9.97 Å². The van der Waals surface area contributed by atoms with Gasteiger partial charge in [0.2, 0.25) is 0 Å². The van der Waals surface area contributed by atoms with E-state index in [1.807, 2.05) is 0 Å². The van der Waals surface area contributed by atoms with Crippen LogP contribution in [0.5, 0.6) is 0 Å². The summed E-state index contributed by atoms with van der Waals surface area (Å²) in [5, 5.41) is 19.9. The van der Waals surface area contributed by atoms with Gasteiger partial charge < -0.3 is 10.0 Å². The van der Waals surface area contributed by atoms with Gasteiger partial charge in [-0.05, 0) is 11.3 Å². The van der Waals surface area contributed by atoms with Gasteiger partial charge in [-0.3, -0.25) is 14.9 Å². The molecule has 0 unspecified atom stereocenters. The third-order valence-electron chi connectivity index (χ3n) is 2.50. The molecule has 2 rings (SSSR count). The number of hydrogen-bond acceptors (Lipinski definition) is 7. The molecule has 9 heteroatoms. The summed E-state index contributed by atoms with van der Waals surface area (Å²) < 4.78 is 0. The van der Waals surface area contributed by atoms with Crippen LogP contribution in [0.1, 0.15) is 6.42 Å². The molecule has 0 saturated carbocycles. The van der Waals surface area contributed by atoms with Gasteiger partial charge in [-0.1, -0.05) is 0 Å². The molecule has 1 N–H and O–H groups in total. The van der Waals surface area contributed by atoms with E-state index in [1.165, 1.54) is 12.4 Å². The lowest BCUT2D eigenvalue weighted by Crippen LogP contribution is -2.22. The quantitative estimate of drug-likeness (QED) is 0.653. The minimum Gasteiger partial charge on any atom is -0.481 e. The lowest BCUT2D eigenvalue weighted by atomic mass is 10.3. The van der Waals surface area contributed by atoms with Gasteiger partial charge in [0.15, 0.2) is 0 Å². The van der Waals surface area contributed by atoms with Gasteiger partial charge >= 0.3 is 11.0 Å². The van der Waals surface area contributed by atoms with Crippen LogP contribution < -0.4 is 4.90 Å². The minimum absolute atomic E-state index is 0.0108. The van der Waals surface area contributed by atoms with Crippen molar-refractivity contribution in [1.29, 1.82) is 0 Å². The number of rotatable bonds is 5. The summed E-state index contributed by atoms with van der Waals surface area (Å²) in [5.41, 5.74) is 0. The van der Waals surface area contributed by atoms with Crippen molar-refractivity contribution in [3.63, 3.8) is 0 Å².